The molecule has 22 heavy (non-hydrogen) atoms. The molecule has 1 fully saturated rings. The third kappa shape index (κ3) is 3.19. The van der Waals surface area contributed by atoms with Gasteiger partial charge in [-0.05, 0) is 39.3 Å². The molecule has 0 bridgehead atoms. The monoisotopic (exact) mass is 303 g/mol. The lowest BCUT2D eigenvalue weighted by molar-refractivity contribution is -0.121. The molecule has 2 N–H and O–H groups in total. The lowest BCUT2D eigenvalue weighted by atomic mass is 9.94. The van der Waals surface area contributed by atoms with Crippen molar-refractivity contribution in [3.8, 4) is 0 Å². The van der Waals surface area contributed by atoms with Crippen LogP contribution < -0.4 is 5.32 Å². The summed E-state index contributed by atoms with van der Waals surface area (Å²) in [5.41, 5.74) is 1.89. The quantitative estimate of drug-likeness (QED) is 0.901. The highest BCUT2D eigenvalue weighted by atomic mass is 16.5. The van der Waals surface area contributed by atoms with E-state index in [1.54, 1.807) is 12.3 Å². The Hall–Kier alpha value is -2.15. The largest absolute Gasteiger partial charge is 0.338 e. The van der Waals surface area contributed by atoms with Crippen LogP contribution >= 0.6 is 0 Å². The molecule has 3 heterocycles. The SMILES string of the molecule is Cc1cc(NC(=O)[C@@H](C)N2CCC[C@@H](c3ccn[nH]3)C2)on1. The summed E-state index contributed by atoms with van der Waals surface area (Å²) in [5.74, 6) is 0.733. The number of carbonyl (C=O) groups is 1. The van der Waals surface area contributed by atoms with Gasteiger partial charge >= 0.3 is 0 Å². The summed E-state index contributed by atoms with van der Waals surface area (Å²) in [4.78, 5) is 14.6. The van der Waals surface area contributed by atoms with Crippen LogP contribution in [0.5, 0.6) is 0 Å². The minimum Gasteiger partial charge on any atom is -0.338 e. The number of nitrogens with zero attached hydrogens (tertiary/aromatic N) is 3. The Morgan fingerprint density at radius 2 is 2.45 bits per heavy atom. The zero-order valence-corrected chi connectivity index (χ0v) is 12.9. The van der Waals surface area contributed by atoms with E-state index >= 15 is 0 Å². The molecule has 0 unspecified atom stereocenters. The molecule has 7 heteroatoms. The fourth-order valence-electron chi connectivity index (χ4n) is 2.92. The molecule has 0 spiro atoms. The first kappa shape index (κ1) is 14.8. The fourth-order valence-corrected chi connectivity index (χ4v) is 2.92. The molecule has 0 radical (unpaired) electrons. The van der Waals surface area contributed by atoms with Crippen molar-refractivity contribution in [1.82, 2.24) is 20.3 Å². The van der Waals surface area contributed by atoms with Gasteiger partial charge in [-0.3, -0.25) is 20.1 Å². The Balaban J connectivity index is 1.61. The molecular weight excluding hydrogens is 282 g/mol. The Morgan fingerprint density at radius 1 is 1.59 bits per heavy atom. The smallest absolute Gasteiger partial charge is 0.243 e. The van der Waals surface area contributed by atoms with E-state index in [9.17, 15) is 4.79 Å². The molecular formula is C15H21N5O2. The Morgan fingerprint density at radius 3 is 3.14 bits per heavy atom. The molecule has 1 saturated heterocycles. The Bertz CT molecular complexity index is 622. The van der Waals surface area contributed by atoms with Crippen LogP contribution in [0.1, 0.15) is 37.1 Å². The number of rotatable bonds is 4. The van der Waals surface area contributed by atoms with Crippen molar-refractivity contribution in [3.63, 3.8) is 0 Å². The van der Waals surface area contributed by atoms with Crippen molar-refractivity contribution in [3.05, 3.63) is 29.7 Å². The highest BCUT2D eigenvalue weighted by Gasteiger charge is 2.29. The van der Waals surface area contributed by atoms with Crippen molar-refractivity contribution in [1.29, 1.82) is 0 Å². The number of hydrogen-bond acceptors (Lipinski definition) is 5. The molecule has 1 amide bonds. The van der Waals surface area contributed by atoms with E-state index in [1.165, 1.54) is 0 Å². The van der Waals surface area contributed by atoms with Crippen LogP contribution in [0.15, 0.2) is 22.9 Å². The van der Waals surface area contributed by atoms with Crippen molar-refractivity contribution in [2.24, 2.45) is 0 Å². The van der Waals surface area contributed by atoms with Crippen LogP contribution in [0.4, 0.5) is 5.88 Å². The molecule has 2 aromatic rings. The zero-order valence-electron chi connectivity index (χ0n) is 12.9. The van der Waals surface area contributed by atoms with Crippen molar-refractivity contribution >= 4 is 11.8 Å². The summed E-state index contributed by atoms with van der Waals surface area (Å²) in [5, 5.41) is 13.6. The van der Waals surface area contributed by atoms with Crippen molar-refractivity contribution in [2.75, 3.05) is 18.4 Å². The van der Waals surface area contributed by atoms with Gasteiger partial charge in [-0.1, -0.05) is 5.16 Å². The Labute approximate surface area is 129 Å². The zero-order chi connectivity index (χ0) is 15.5. The number of hydrogen-bond donors (Lipinski definition) is 2. The Kier molecular flexibility index (Phi) is 4.24. The summed E-state index contributed by atoms with van der Waals surface area (Å²) in [6, 6.07) is 3.51. The lowest BCUT2D eigenvalue weighted by Gasteiger charge is -2.35. The van der Waals surface area contributed by atoms with Crippen LogP contribution in [0.3, 0.4) is 0 Å². The maximum Gasteiger partial charge on any atom is 0.243 e. The number of piperidine rings is 1. The van der Waals surface area contributed by atoms with Crippen LogP contribution in [0.25, 0.3) is 0 Å². The summed E-state index contributed by atoms with van der Waals surface area (Å²) in [6.07, 6.45) is 3.97. The first-order chi connectivity index (χ1) is 10.6. The summed E-state index contributed by atoms with van der Waals surface area (Å²) >= 11 is 0. The third-order valence-corrected chi connectivity index (χ3v) is 4.22. The van der Waals surface area contributed by atoms with Crippen LogP contribution in [-0.4, -0.2) is 45.3 Å². The van der Waals surface area contributed by atoms with Gasteiger partial charge in [-0.15, -0.1) is 0 Å². The average molecular weight is 303 g/mol. The van der Waals surface area contributed by atoms with E-state index in [2.05, 4.69) is 25.6 Å². The van der Waals surface area contributed by atoms with Gasteiger partial charge < -0.3 is 4.52 Å². The summed E-state index contributed by atoms with van der Waals surface area (Å²) in [7, 11) is 0. The molecule has 1 aliphatic heterocycles. The maximum atomic E-state index is 12.4. The van der Waals surface area contributed by atoms with E-state index in [0.717, 1.165) is 37.3 Å². The molecule has 2 aromatic heterocycles. The standard InChI is InChI=1S/C15H21N5O2/c1-10-8-14(22-19-10)17-15(21)11(2)20-7-3-4-12(9-20)13-5-6-16-18-13/h5-6,8,11-12H,3-4,7,9H2,1-2H3,(H,16,18)(H,17,21)/t11-,12-/m1/s1. The number of H-pyrrole nitrogens is 1. The average Bonchev–Trinajstić information content (AvgIpc) is 3.18. The second-order valence-corrected chi connectivity index (χ2v) is 5.84. The predicted molar refractivity (Wildman–Crippen MR) is 81.5 cm³/mol. The molecule has 2 atom stereocenters. The maximum absolute atomic E-state index is 12.4. The number of aryl methyl sites for hydroxylation is 1. The third-order valence-electron chi connectivity index (χ3n) is 4.22. The van der Waals surface area contributed by atoms with Gasteiger partial charge in [0.25, 0.3) is 0 Å². The molecule has 0 aromatic carbocycles. The summed E-state index contributed by atoms with van der Waals surface area (Å²) in [6.45, 7) is 5.52. The molecule has 118 valence electrons. The van der Waals surface area contributed by atoms with Gasteiger partial charge in [0, 0.05) is 30.4 Å². The van der Waals surface area contributed by atoms with E-state index < -0.39 is 0 Å². The van der Waals surface area contributed by atoms with Gasteiger partial charge in [0.1, 0.15) is 0 Å². The van der Waals surface area contributed by atoms with Gasteiger partial charge in [0.05, 0.1) is 11.7 Å². The second-order valence-electron chi connectivity index (χ2n) is 5.84. The van der Waals surface area contributed by atoms with Crippen LogP contribution in [0.2, 0.25) is 0 Å². The van der Waals surface area contributed by atoms with Crippen LogP contribution in [0, 0.1) is 6.92 Å². The molecule has 3 rings (SSSR count). The number of anilines is 1. The van der Waals surface area contributed by atoms with Gasteiger partial charge in [-0.2, -0.15) is 5.10 Å². The molecule has 7 nitrogen and oxygen atoms in total. The number of carbonyl (C=O) groups excluding carboxylic acids is 1. The molecule has 0 aliphatic carbocycles. The second kappa shape index (κ2) is 6.31. The lowest BCUT2D eigenvalue weighted by Crippen LogP contribution is -2.46. The first-order valence-corrected chi connectivity index (χ1v) is 7.61. The van der Waals surface area contributed by atoms with Gasteiger partial charge in [0.2, 0.25) is 11.8 Å². The minimum absolute atomic E-state index is 0.0681. The van der Waals surface area contributed by atoms with E-state index in [0.29, 0.717) is 11.8 Å². The number of aromatic amines is 1. The highest BCUT2D eigenvalue weighted by molar-refractivity contribution is 5.93. The number of likely N-dealkylation sites (tertiary alicyclic amines) is 1. The van der Waals surface area contributed by atoms with E-state index in [-0.39, 0.29) is 11.9 Å². The number of aromatic nitrogens is 3. The van der Waals surface area contributed by atoms with E-state index in [1.807, 2.05) is 19.9 Å². The highest BCUT2D eigenvalue weighted by Crippen LogP contribution is 2.26. The summed E-state index contributed by atoms with van der Waals surface area (Å²) < 4.78 is 5.04. The van der Waals surface area contributed by atoms with E-state index in [4.69, 9.17) is 4.52 Å². The van der Waals surface area contributed by atoms with Crippen molar-refractivity contribution < 1.29 is 9.32 Å². The van der Waals surface area contributed by atoms with Crippen molar-refractivity contribution in [2.45, 2.75) is 38.6 Å². The first-order valence-electron chi connectivity index (χ1n) is 7.61. The van der Waals surface area contributed by atoms with Crippen LogP contribution in [-0.2, 0) is 4.79 Å². The molecule has 0 saturated carbocycles. The predicted octanol–water partition coefficient (Wildman–Crippen LogP) is 1.91. The minimum atomic E-state index is -0.212. The number of nitrogens with one attached hydrogen (secondary N) is 2. The topological polar surface area (TPSA) is 87.0 Å². The number of amides is 1. The molecule has 1 aliphatic rings. The van der Waals surface area contributed by atoms with Gasteiger partial charge in [-0.25, -0.2) is 0 Å². The fraction of sp³-hybridized carbons (Fsp3) is 0.533. The normalized spacial score (nSPS) is 20.7. The van der Waals surface area contributed by atoms with Gasteiger partial charge in [0.15, 0.2) is 0 Å².